The Morgan fingerprint density at radius 1 is 0.966 bits per heavy atom. The second-order valence-electron chi connectivity index (χ2n) is 7.17. The third-order valence-electron chi connectivity index (χ3n) is 5.37. The van der Waals surface area contributed by atoms with Crippen LogP contribution in [0.15, 0.2) is 73.1 Å². The van der Waals surface area contributed by atoms with Gasteiger partial charge in [0.2, 0.25) is 0 Å². The van der Waals surface area contributed by atoms with Crippen LogP contribution < -0.4 is 0 Å². The molecule has 0 bridgehead atoms. The Morgan fingerprint density at radius 2 is 1.86 bits per heavy atom. The van der Waals surface area contributed by atoms with E-state index in [9.17, 15) is 4.79 Å². The fourth-order valence-corrected chi connectivity index (χ4v) is 4.14. The van der Waals surface area contributed by atoms with Gasteiger partial charge in [-0.05, 0) is 29.3 Å². The summed E-state index contributed by atoms with van der Waals surface area (Å²) in [5.74, 6) is 0.0456. The van der Waals surface area contributed by atoms with Crippen LogP contribution in [0.4, 0.5) is 0 Å². The molecule has 0 atom stereocenters. The average Bonchev–Trinajstić information content (AvgIpc) is 3.08. The van der Waals surface area contributed by atoms with E-state index >= 15 is 0 Å². The number of hydrogen-bond acceptors (Lipinski definition) is 3. The predicted octanol–water partition coefficient (Wildman–Crippen LogP) is 5.15. The number of para-hydroxylation sites is 1. The summed E-state index contributed by atoms with van der Waals surface area (Å²) in [6.07, 6.45) is 4.03. The van der Waals surface area contributed by atoms with Crippen molar-refractivity contribution in [3.8, 4) is 11.1 Å². The number of hydrogen-bond donors (Lipinski definition) is 0. The van der Waals surface area contributed by atoms with Crippen LogP contribution in [-0.2, 0) is 13.0 Å². The fraction of sp³-hybridized carbons (Fsp3) is 0.125. The maximum absolute atomic E-state index is 13.2. The lowest BCUT2D eigenvalue weighted by Crippen LogP contribution is -2.26. The largest absolute Gasteiger partial charge is 0.334 e. The van der Waals surface area contributed by atoms with Crippen LogP contribution in [0.2, 0.25) is 5.02 Å². The smallest absolute Gasteiger partial charge is 0.255 e. The zero-order valence-electron chi connectivity index (χ0n) is 15.7. The average molecular weight is 400 g/mol. The molecule has 142 valence electrons. The van der Waals surface area contributed by atoms with Crippen molar-refractivity contribution in [2.24, 2.45) is 0 Å². The number of nitrogens with zero attached hydrogens (tertiary/aromatic N) is 3. The summed E-state index contributed by atoms with van der Waals surface area (Å²) >= 11 is 6.34. The van der Waals surface area contributed by atoms with Crippen LogP contribution in [0.5, 0.6) is 0 Å². The third kappa shape index (κ3) is 3.26. The van der Waals surface area contributed by atoms with Crippen molar-refractivity contribution in [2.75, 3.05) is 6.54 Å². The van der Waals surface area contributed by atoms with Crippen LogP contribution in [0.1, 0.15) is 21.6 Å². The summed E-state index contributed by atoms with van der Waals surface area (Å²) in [4.78, 5) is 23.8. The van der Waals surface area contributed by atoms with Crippen LogP contribution in [-0.4, -0.2) is 27.3 Å². The van der Waals surface area contributed by atoms with Gasteiger partial charge >= 0.3 is 0 Å². The van der Waals surface area contributed by atoms with Gasteiger partial charge in [0.25, 0.3) is 5.91 Å². The number of rotatable bonds is 4. The summed E-state index contributed by atoms with van der Waals surface area (Å²) in [5, 5.41) is 1.67. The van der Waals surface area contributed by atoms with Gasteiger partial charge in [-0.2, -0.15) is 0 Å². The molecule has 1 amide bonds. The van der Waals surface area contributed by atoms with Crippen molar-refractivity contribution >= 4 is 28.4 Å². The molecule has 2 aromatic heterocycles. The van der Waals surface area contributed by atoms with Gasteiger partial charge in [-0.25, -0.2) is 0 Å². The molecule has 0 radical (unpaired) electrons. The second-order valence-corrected chi connectivity index (χ2v) is 7.57. The molecule has 4 aromatic rings. The molecule has 0 aliphatic carbocycles. The van der Waals surface area contributed by atoms with Gasteiger partial charge in [0.05, 0.1) is 16.1 Å². The highest BCUT2D eigenvalue weighted by atomic mass is 35.5. The minimum Gasteiger partial charge on any atom is -0.334 e. The fourth-order valence-electron chi connectivity index (χ4n) is 3.92. The first kappa shape index (κ1) is 17.8. The molecule has 1 aliphatic rings. The lowest BCUT2D eigenvalue weighted by molar-refractivity contribution is 0.0780. The lowest BCUT2D eigenvalue weighted by Gasteiger charge is -2.15. The number of halogens is 1. The van der Waals surface area contributed by atoms with Crippen LogP contribution >= 0.6 is 11.6 Å². The number of pyridine rings is 2. The maximum atomic E-state index is 13.2. The zero-order chi connectivity index (χ0) is 19.8. The molecule has 3 heterocycles. The first-order valence-corrected chi connectivity index (χ1v) is 9.94. The summed E-state index contributed by atoms with van der Waals surface area (Å²) in [6, 6.07) is 20.0. The molecule has 0 N–H and O–H groups in total. The lowest BCUT2D eigenvalue weighted by atomic mass is 9.97. The number of amides is 1. The maximum Gasteiger partial charge on any atom is 0.255 e. The molecule has 5 rings (SSSR count). The van der Waals surface area contributed by atoms with E-state index < -0.39 is 0 Å². The normalized spacial score (nSPS) is 13.1. The van der Waals surface area contributed by atoms with Crippen molar-refractivity contribution < 1.29 is 4.79 Å². The summed E-state index contributed by atoms with van der Waals surface area (Å²) in [6.45, 7) is 1.24. The molecule has 5 heteroatoms. The van der Waals surface area contributed by atoms with Gasteiger partial charge in [0, 0.05) is 48.5 Å². The minimum atomic E-state index is 0.0456. The van der Waals surface area contributed by atoms with Crippen molar-refractivity contribution in [1.82, 2.24) is 14.9 Å². The Labute approximate surface area is 173 Å². The topological polar surface area (TPSA) is 46.1 Å². The number of aromatic nitrogens is 2. The zero-order valence-corrected chi connectivity index (χ0v) is 16.4. The van der Waals surface area contributed by atoms with E-state index in [0.717, 1.165) is 45.3 Å². The monoisotopic (exact) mass is 399 g/mol. The number of carbonyl (C=O) groups excluding carboxylic acids is 1. The third-order valence-corrected chi connectivity index (χ3v) is 5.67. The predicted molar refractivity (Wildman–Crippen MR) is 115 cm³/mol. The highest BCUT2D eigenvalue weighted by Crippen LogP contribution is 2.35. The number of fused-ring (bicyclic) bond motifs is 2. The van der Waals surface area contributed by atoms with Crippen LogP contribution in [0.25, 0.3) is 22.0 Å². The van der Waals surface area contributed by atoms with Crippen molar-refractivity contribution in [3.63, 3.8) is 0 Å². The number of benzene rings is 2. The van der Waals surface area contributed by atoms with Gasteiger partial charge < -0.3 is 4.90 Å². The van der Waals surface area contributed by atoms with Crippen molar-refractivity contribution in [2.45, 2.75) is 13.0 Å². The standard InChI is InChI=1S/C24H18ClN3O/c25-21-14-26-12-10-19(21)20-6-3-5-17-15-28(24(29)23(17)20)13-11-18-9-8-16-4-1-2-7-22(16)27-18/h1-10,12,14H,11,13,15H2. The molecule has 0 fully saturated rings. The highest BCUT2D eigenvalue weighted by molar-refractivity contribution is 6.33. The Hall–Kier alpha value is -3.24. The molecule has 0 saturated heterocycles. The van der Waals surface area contributed by atoms with E-state index in [1.807, 2.05) is 53.4 Å². The van der Waals surface area contributed by atoms with Gasteiger partial charge in [-0.3, -0.25) is 14.8 Å². The molecule has 1 aliphatic heterocycles. The quantitative estimate of drug-likeness (QED) is 0.476. The molecular weight excluding hydrogens is 382 g/mol. The Balaban J connectivity index is 1.39. The molecule has 0 unspecified atom stereocenters. The summed E-state index contributed by atoms with van der Waals surface area (Å²) < 4.78 is 0. The molecule has 0 saturated carbocycles. The van der Waals surface area contributed by atoms with Gasteiger partial charge in [-0.15, -0.1) is 0 Å². The Bertz CT molecular complexity index is 1240. The molecular formula is C24H18ClN3O. The highest BCUT2D eigenvalue weighted by Gasteiger charge is 2.30. The van der Waals surface area contributed by atoms with E-state index in [-0.39, 0.29) is 5.91 Å². The SMILES string of the molecule is O=C1c2c(cccc2-c2ccncc2Cl)CN1CCc1ccc2ccccc2n1. The summed E-state index contributed by atoms with van der Waals surface area (Å²) in [7, 11) is 0. The van der Waals surface area contributed by atoms with E-state index in [2.05, 4.69) is 17.1 Å². The van der Waals surface area contributed by atoms with Gasteiger partial charge in [0.1, 0.15) is 0 Å². The molecule has 2 aromatic carbocycles. The summed E-state index contributed by atoms with van der Waals surface area (Å²) in [5.41, 5.74) is 5.45. The Kier molecular flexibility index (Phi) is 4.49. The van der Waals surface area contributed by atoms with E-state index in [1.165, 1.54) is 0 Å². The second kappa shape index (κ2) is 7.30. The van der Waals surface area contributed by atoms with E-state index in [1.54, 1.807) is 12.4 Å². The van der Waals surface area contributed by atoms with E-state index in [0.29, 0.717) is 18.1 Å². The molecule has 29 heavy (non-hydrogen) atoms. The molecule has 4 nitrogen and oxygen atoms in total. The van der Waals surface area contributed by atoms with Crippen molar-refractivity contribution in [3.05, 3.63) is 94.9 Å². The minimum absolute atomic E-state index is 0.0456. The molecule has 0 spiro atoms. The van der Waals surface area contributed by atoms with Gasteiger partial charge in [-0.1, -0.05) is 54.1 Å². The van der Waals surface area contributed by atoms with E-state index in [4.69, 9.17) is 16.6 Å². The van der Waals surface area contributed by atoms with Crippen molar-refractivity contribution in [1.29, 1.82) is 0 Å². The number of carbonyl (C=O) groups is 1. The Morgan fingerprint density at radius 3 is 2.76 bits per heavy atom. The first-order valence-electron chi connectivity index (χ1n) is 9.56. The first-order chi connectivity index (χ1) is 14.2. The van der Waals surface area contributed by atoms with Crippen LogP contribution in [0.3, 0.4) is 0 Å². The van der Waals surface area contributed by atoms with Crippen LogP contribution in [0, 0.1) is 0 Å². The van der Waals surface area contributed by atoms with Gasteiger partial charge in [0.15, 0.2) is 0 Å².